The first kappa shape index (κ1) is 13.7. The van der Waals surface area contributed by atoms with E-state index in [1.54, 1.807) is 25.2 Å². The standard InChI is InChI=1S/C14H12Cl2N2O/c1-18(11-5-3-2-4-6-11)14(19)17-13-8-7-10(15)9-12(13)16/h2-9H,1H3,(H,17,19). The zero-order valence-electron chi connectivity index (χ0n) is 10.2. The second-order valence-electron chi connectivity index (χ2n) is 3.95. The highest BCUT2D eigenvalue weighted by Crippen LogP contribution is 2.26. The van der Waals surface area contributed by atoms with E-state index >= 15 is 0 Å². The molecule has 0 heterocycles. The quantitative estimate of drug-likeness (QED) is 0.858. The molecular formula is C14H12Cl2N2O. The van der Waals surface area contributed by atoms with Gasteiger partial charge in [0.2, 0.25) is 0 Å². The van der Waals surface area contributed by atoms with Gasteiger partial charge >= 0.3 is 6.03 Å². The Balaban J connectivity index is 2.13. The van der Waals surface area contributed by atoms with Crippen molar-refractivity contribution in [1.29, 1.82) is 0 Å². The lowest BCUT2D eigenvalue weighted by Gasteiger charge is -2.18. The average molecular weight is 295 g/mol. The summed E-state index contributed by atoms with van der Waals surface area (Å²) in [5.74, 6) is 0. The van der Waals surface area contributed by atoms with Crippen LogP contribution in [0.1, 0.15) is 0 Å². The molecule has 5 heteroatoms. The van der Waals surface area contributed by atoms with E-state index < -0.39 is 0 Å². The number of para-hydroxylation sites is 1. The molecule has 0 aliphatic heterocycles. The second-order valence-corrected chi connectivity index (χ2v) is 4.79. The van der Waals surface area contributed by atoms with E-state index in [-0.39, 0.29) is 6.03 Å². The van der Waals surface area contributed by atoms with Gasteiger partial charge in [0, 0.05) is 17.8 Å². The molecule has 0 fully saturated rings. The number of carbonyl (C=O) groups excluding carboxylic acids is 1. The van der Waals surface area contributed by atoms with Gasteiger partial charge in [-0.05, 0) is 30.3 Å². The lowest BCUT2D eigenvalue weighted by Crippen LogP contribution is -2.31. The molecule has 2 aromatic carbocycles. The molecule has 0 saturated carbocycles. The van der Waals surface area contributed by atoms with Crippen molar-refractivity contribution in [2.75, 3.05) is 17.3 Å². The van der Waals surface area contributed by atoms with Crippen LogP contribution >= 0.6 is 23.2 Å². The molecule has 0 radical (unpaired) electrons. The summed E-state index contributed by atoms with van der Waals surface area (Å²) < 4.78 is 0. The fraction of sp³-hybridized carbons (Fsp3) is 0.0714. The van der Waals surface area contributed by atoms with Crippen LogP contribution < -0.4 is 10.2 Å². The van der Waals surface area contributed by atoms with E-state index in [9.17, 15) is 4.79 Å². The van der Waals surface area contributed by atoms with Crippen molar-refractivity contribution in [3.8, 4) is 0 Å². The molecule has 0 aliphatic carbocycles. The molecule has 2 rings (SSSR count). The van der Waals surface area contributed by atoms with Gasteiger partial charge in [-0.15, -0.1) is 0 Å². The molecule has 2 aromatic rings. The monoisotopic (exact) mass is 294 g/mol. The minimum Gasteiger partial charge on any atom is -0.306 e. The third kappa shape index (κ3) is 3.40. The smallest absolute Gasteiger partial charge is 0.306 e. The van der Waals surface area contributed by atoms with Gasteiger partial charge in [-0.2, -0.15) is 0 Å². The van der Waals surface area contributed by atoms with Crippen molar-refractivity contribution in [2.24, 2.45) is 0 Å². The number of amides is 2. The van der Waals surface area contributed by atoms with Crippen LogP contribution in [0.3, 0.4) is 0 Å². The molecule has 0 spiro atoms. The highest BCUT2D eigenvalue weighted by atomic mass is 35.5. The molecule has 0 aromatic heterocycles. The van der Waals surface area contributed by atoms with E-state index in [4.69, 9.17) is 23.2 Å². The maximum atomic E-state index is 12.1. The van der Waals surface area contributed by atoms with Gasteiger partial charge in [0.1, 0.15) is 0 Å². The summed E-state index contributed by atoms with van der Waals surface area (Å²) >= 11 is 11.8. The maximum absolute atomic E-state index is 12.1. The van der Waals surface area contributed by atoms with E-state index in [1.807, 2.05) is 30.3 Å². The summed E-state index contributed by atoms with van der Waals surface area (Å²) in [6.45, 7) is 0. The number of hydrogen-bond donors (Lipinski definition) is 1. The molecule has 19 heavy (non-hydrogen) atoms. The van der Waals surface area contributed by atoms with Crippen molar-refractivity contribution in [1.82, 2.24) is 0 Å². The number of carbonyl (C=O) groups is 1. The number of anilines is 2. The van der Waals surface area contributed by atoms with E-state index in [0.717, 1.165) is 5.69 Å². The number of nitrogens with zero attached hydrogens (tertiary/aromatic N) is 1. The van der Waals surface area contributed by atoms with Crippen LogP contribution in [0, 0.1) is 0 Å². The molecular weight excluding hydrogens is 283 g/mol. The highest BCUT2D eigenvalue weighted by Gasteiger charge is 2.12. The molecule has 0 saturated heterocycles. The average Bonchev–Trinajstić information content (AvgIpc) is 2.42. The number of urea groups is 1. The third-order valence-corrected chi connectivity index (χ3v) is 3.17. The van der Waals surface area contributed by atoms with Crippen LogP contribution in [-0.2, 0) is 0 Å². The first-order valence-corrected chi connectivity index (χ1v) is 6.38. The highest BCUT2D eigenvalue weighted by molar-refractivity contribution is 6.36. The molecule has 0 aliphatic rings. The van der Waals surface area contributed by atoms with Crippen molar-refractivity contribution in [3.05, 3.63) is 58.6 Å². The summed E-state index contributed by atoms with van der Waals surface area (Å²) in [6.07, 6.45) is 0. The van der Waals surface area contributed by atoms with Gasteiger partial charge in [-0.3, -0.25) is 4.90 Å². The molecule has 0 unspecified atom stereocenters. The molecule has 0 bridgehead atoms. The molecule has 2 amide bonds. The van der Waals surface area contributed by atoms with Crippen molar-refractivity contribution in [3.63, 3.8) is 0 Å². The molecule has 98 valence electrons. The number of halogens is 2. The van der Waals surface area contributed by atoms with Gasteiger partial charge in [-0.1, -0.05) is 41.4 Å². The predicted molar refractivity (Wildman–Crippen MR) is 80.3 cm³/mol. The zero-order valence-corrected chi connectivity index (χ0v) is 11.7. The first-order valence-electron chi connectivity index (χ1n) is 5.63. The topological polar surface area (TPSA) is 32.3 Å². The van der Waals surface area contributed by atoms with E-state index in [1.165, 1.54) is 4.90 Å². The lowest BCUT2D eigenvalue weighted by atomic mass is 10.3. The van der Waals surface area contributed by atoms with Crippen molar-refractivity contribution >= 4 is 40.6 Å². The number of benzene rings is 2. The molecule has 3 nitrogen and oxygen atoms in total. The number of nitrogens with one attached hydrogen (secondary N) is 1. The zero-order chi connectivity index (χ0) is 13.8. The summed E-state index contributed by atoms with van der Waals surface area (Å²) in [4.78, 5) is 13.6. The lowest BCUT2D eigenvalue weighted by molar-refractivity contribution is 0.258. The van der Waals surface area contributed by atoms with Gasteiger partial charge < -0.3 is 5.32 Å². The van der Waals surface area contributed by atoms with Gasteiger partial charge in [-0.25, -0.2) is 4.79 Å². The summed E-state index contributed by atoms with van der Waals surface area (Å²) in [5, 5.41) is 3.66. The Bertz CT molecular complexity index is 587. The Hall–Kier alpha value is -1.71. The van der Waals surface area contributed by atoms with Crippen molar-refractivity contribution in [2.45, 2.75) is 0 Å². The Morgan fingerprint density at radius 1 is 1.11 bits per heavy atom. The summed E-state index contributed by atoms with van der Waals surface area (Å²) in [6, 6.07) is 14.0. The van der Waals surface area contributed by atoms with Crippen molar-refractivity contribution < 1.29 is 4.79 Å². The first-order chi connectivity index (χ1) is 9.08. The van der Waals surface area contributed by atoms with Crippen LogP contribution in [0.25, 0.3) is 0 Å². The fourth-order valence-electron chi connectivity index (χ4n) is 1.56. The molecule has 0 atom stereocenters. The Morgan fingerprint density at radius 3 is 2.42 bits per heavy atom. The number of rotatable bonds is 2. The Morgan fingerprint density at radius 2 is 1.79 bits per heavy atom. The van der Waals surface area contributed by atoms with Crippen LogP contribution in [-0.4, -0.2) is 13.1 Å². The summed E-state index contributed by atoms with van der Waals surface area (Å²) in [5.41, 5.74) is 1.32. The van der Waals surface area contributed by atoms with Crippen LogP contribution in [0.2, 0.25) is 10.0 Å². The SMILES string of the molecule is CN(C(=O)Nc1ccc(Cl)cc1Cl)c1ccccc1. The van der Waals surface area contributed by atoms with Crippen LogP contribution in [0.4, 0.5) is 16.2 Å². The minimum atomic E-state index is -0.268. The second kappa shape index (κ2) is 5.95. The van der Waals surface area contributed by atoms with Crippen LogP contribution in [0.15, 0.2) is 48.5 Å². The predicted octanol–water partition coefficient (Wildman–Crippen LogP) is 4.66. The van der Waals surface area contributed by atoms with Crippen LogP contribution in [0.5, 0.6) is 0 Å². The van der Waals surface area contributed by atoms with E-state index in [2.05, 4.69) is 5.32 Å². The van der Waals surface area contributed by atoms with E-state index in [0.29, 0.717) is 15.7 Å². The fourth-order valence-corrected chi connectivity index (χ4v) is 2.01. The third-order valence-electron chi connectivity index (χ3n) is 2.62. The normalized spacial score (nSPS) is 10.1. The van der Waals surface area contributed by atoms with Gasteiger partial charge in [0.25, 0.3) is 0 Å². The minimum absolute atomic E-state index is 0.268. The largest absolute Gasteiger partial charge is 0.326 e. The maximum Gasteiger partial charge on any atom is 0.326 e. The number of hydrogen-bond acceptors (Lipinski definition) is 1. The van der Waals surface area contributed by atoms with Gasteiger partial charge in [0.05, 0.1) is 10.7 Å². The Labute approximate surface area is 121 Å². The van der Waals surface area contributed by atoms with Gasteiger partial charge in [0.15, 0.2) is 0 Å². The Kier molecular flexibility index (Phi) is 4.30. The molecule has 1 N–H and O–H groups in total. The summed E-state index contributed by atoms with van der Waals surface area (Å²) in [7, 11) is 1.69.